The number of anilines is 1. The van der Waals surface area contributed by atoms with Crippen LogP contribution < -0.4 is 5.32 Å². The Labute approximate surface area is 113 Å². The van der Waals surface area contributed by atoms with Crippen molar-refractivity contribution >= 4 is 11.6 Å². The van der Waals surface area contributed by atoms with Crippen molar-refractivity contribution in [2.24, 2.45) is 0 Å². The summed E-state index contributed by atoms with van der Waals surface area (Å²) in [5, 5.41) is 12.3. The highest BCUT2D eigenvalue weighted by Gasteiger charge is 2.30. The van der Waals surface area contributed by atoms with Crippen molar-refractivity contribution in [2.75, 3.05) is 25.0 Å². The second-order valence-electron chi connectivity index (χ2n) is 4.76. The second-order valence-corrected chi connectivity index (χ2v) is 4.76. The molecule has 1 aromatic heterocycles. The highest BCUT2D eigenvalue weighted by Crippen LogP contribution is 2.27. The molecule has 1 amide bonds. The Morgan fingerprint density at radius 2 is 2.37 bits per heavy atom. The number of aromatic nitrogens is 1. The van der Waals surface area contributed by atoms with Gasteiger partial charge in [0.15, 0.2) is 0 Å². The van der Waals surface area contributed by atoms with Gasteiger partial charge in [-0.15, -0.1) is 0 Å². The summed E-state index contributed by atoms with van der Waals surface area (Å²) in [5.74, 6) is -0.0391. The first-order chi connectivity index (χ1) is 9.27. The lowest BCUT2D eigenvalue weighted by molar-refractivity contribution is 0.0526. The molecule has 0 atom stereocenters. The molecule has 0 aliphatic heterocycles. The molecule has 0 aromatic carbocycles. The predicted octanol–water partition coefficient (Wildman–Crippen LogP) is 1.50. The number of hydrogen-bond donors (Lipinski definition) is 2. The quantitative estimate of drug-likeness (QED) is 0.816. The van der Waals surface area contributed by atoms with E-state index in [1.807, 2.05) is 13.0 Å². The number of aliphatic hydroxyl groups is 1. The summed E-state index contributed by atoms with van der Waals surface area (Å²) in [6, 6.07) is 2.09. The SMILES string of the molecule is CCNc1ccncc1C(=O)N(CCO)C1CCC1. The Bertz CT molecular complexity index is 432. The van der Waals surface area contributed by atoms with Crippen LogP contribution in [0, 0.1) is 0 Å². The van der Waals surface area contributed by atoms with Crippen LogP contribution in [0.4, 0.5) is 5.69 Å². The van der Waals surface area contributed by atoms with E-state index in [0.29, 0.717) is 12.1 Å². The molecule has 1 aliphatic carbocycles. The van der Waals surface area contributed by atoms with E-state index in [-0.39, 0.29) is 18.6 Å². The average Bonchev–Trinajstić information content (AvgIpc) is 2.36. The summed E-state index contributed by atoms with van der Waals surface area (Å²) in [6.07, 6.45) is 6.50. The van der Waals surface area contributed by atoms with Crippen LogP contribution in [-0.2, 0) is 0 Å². The smallest absolute Gasteiger partial charge is 0.257 e. The van der Waals surface area contributed by atoms with Gasteiger partial charge < -0.3 is 15.3 Å². The lowest BCUT2D eigenvalue weighted by Crippen LogP contribution is -2.45. The second kappa shape index (κ2) is 6.52. The van der Waals surface area contributed by atoms with Crippen molar-refractivity contribution in [2.45, 2.75) is 32.2 Å². The number of carbonyl (C=O) groups excluding carboxylic acids is 1. The maximum Gasteiger partial charge on any atom is 0.257 e. The molecule has 0 saturated heterocycles. The van der Waals surface area contributed by atoms with Gasteiger partial charge in [-0.05, 0) is 32.3 Å². The average molecular weight is 263 g/mol. The zero-order valence-corrected chi connectivity index (χ0v) is 11.3. The summed E-state index contributed by atoms with van der Waals surface area (Å²) in [7, 11) is 0. The fourth-order valence-electron chi connectivity index (χ4n) is 2.32. The maximum atomic E-state index is 12.6. The Morgan fingerprint density at radius 3 is 2.95 bits per heavy atom. The fourth-order valence-corrected chi connectivity index (χ4v) is 2.32. The summed E-state index contributed by atoms with van der Waals surface area (Å²) in [6.45, 7) is 3.14. The zero-order chi connectivity index (χ0) is 13.7. The Hall–Kier alpha value is -1.62. The molecule has 0 radical (unpaired) electrons. The molecule has 2 rings (SSSR count). The van der Waals surface area contributed by atoms with Gasteiger partial charge in [0.25, 0.3) is 5.91 Å². The van der Waals surface area contributed by atoms with Gasteiger partial charge in [-0.25, -0.2) is 0 Å². The number of hydrogen-bond acceptors (Lipinski definition) is 4. The number of nitrogens with one attached hydrogen (secondary N) is 1. The van der Waals surface area contributed by atoms with Gasteiger partial charge in [0.05, 0.1) is 17.9 Å². The van der Waals surface area contributed by atoms with E-state index in [0.717, 1.165) is 31.5 Å². The number of pyridine rings is 1. The highest BCUT2D eigenvalue weighted by atomic mass is 16.3. The fraction of sp³-hybridized carbons (Fsp3) is 0.571. The molecular formula is C14H21N3O2. The van der Waals surface area contributed by atoms with Crippen LogP contribution in [0.3, 0.4) is 0 Å². The Morgan fingerprint density at radius 1 is 1.58 bits per heavy atom. The van der Waals surface area contributed by atoms with Crippen molar-refractivity contribution in [3.05, 3.63) is 24.0 Å². The van der Waals surface area contributed by atoms with Crippen LogP contribution in [-0.4, -0.2) is 46.6 Å². The van der Waals surface area contributed by atoms with Gasteiger partial charge in [0.2, 0.25) is 0 Å². The van der Waals surface area contributed by atoms with E-state index >= 15 is 0 Å². The maximum absolute atomic E-state index is 12.6. The summed E-state index contributed by atoms with van der Waals surface area (Å²) >= 11 is 0. The lowest BCUT2D eigenvalue weighted by Gasteiger charge is -2.37. The van der Waals surface area contributed by atoms with Crippen molar-refractivity contribution in [3.8, 4) is 0 Å². The summed E-state index contributed by atoms with van der Waals surface area (Å²) in [4.78, 5) is 18.4. The van der Waals surface area contributed by atoms with E-state index in [2.05, 4.69) is 10.3 Å². The highest BCUT2D eigenvalue weighted by molar-refractivity contribution is 5.99. The topological polar surface area (TPSA) is 65.5 Å². The standard InChI is InChI=1S/C14H21N3O2/c1-2-16-13-6-7-15-10-12(13)14(19)17(8-9-18)11-4-3-5-11/h6-7,10-11,18H,2-5,8-9H2,1H3,(H,15,16). The van der Waals surface area contributed by atoms with Crippen LogP contribution in [0.25, 0.3) is 0 Å². The minimum atomic E-state index is -0.0391. The van der Waals surface area contributed by atoms with Crippen molar-refractivity contribution < 1.29 is 9.90 Å². The van der Waals surface area contributed by atoms with E-state index < -0.39 is 0 Å². The summed E-state index contributed by atoms with van der Waals surface area (Å²) < 4.78 is 0. The zero-order valence-electron chi connectivity index (χ0n) is 11.3. The third-order valence-electron chi connectivity index (χ3n) is 3.54. The van der Waals surface area contributed by atoms with E-state index in [1.54, 1.807) is 17.3 Å². The van der Waals surface area contributed by atoms with Crippen LogP contribution >= 0.6 is 0 Å². The van der Waals surface area contributed by atoms with Crippen LogP contribution in [0.1, 0.15) is 36.5 Å². The van der Waals surface area contributed by atoms with Gasteiger partial charge in [-0.3, -0.25) is 9.78 Å². The van der Waals surface area contributed by atoms with E-state index in [9.17, 15) is 4.79 Å². The molecule has 5 heteroatoms. The molecule has 0 unspecified atom stereocenters. The largest absolute Gasteiger partial charge is 0.395 e. The summed E-state index contributed by atoms with van der Waals surface area (Å²) in [5.41, 5.74) is 1.40. The Balaban J connectivity index is 2.20. The van der Waals surface area contributed by atoms with E-state index in [4.69, 9.17) is 5.11 Å². The molecule has 1 fully saturated rings. The number of nitrogens with zero attached hydrogens (tertiary/aromatic N) is 2. The normalized spacial score (nSPS) is 14.8. The first-order valence-electron chi connectivity index (χ1n) is 6.87. The first-order valence-corrected chi connectivity index (χ1v) is 6.87. The van der Waals surface area contributed by atoms with E-state index in [1.165, 1.54) is 0 Å². The van der Waals surface area contributed by atoms with Gasteiger partial charge in [-0.2, -0.15) is 0 Å². The van der Waals surface area contributed by atoms with Crippen LogP contribution in [0.15, 0.2) is 18.5 Å². The molecule has 0 spiro atoms. The molecule has 1 heterocycles. The molecular weight excluding hydrogens is 242 g/mol. The molecule has 5 nitrogen and oxygen atoms in total. The van der Waals surface area contributed by atoms with Crippen LogP contribution in [0.5, 0.6) is 0 Å². The predicted molar refractivity (Wildman–Crippen MR) is 74.2 cm³/mol. The molecule has 1 aromatic rings. The molecule has 19 heavy (non-hydrogen) atoms. The van der Waals surface area contributed by atoms with Crippen molar-refractivity contribution in [1.82, 2.24) is 9.88 Å². The van der Waals surface area contributed by atoms with Gasteiger partial charge in [0, 0.05) is 31.5 Å². The van der Waals surface area contributed by atoms with Crippen LogP contribution in [0.2, 0.25) is 0 Å². The molecule has 1 aliphatic rings. The third kappa shape index (κ3) is 3.04. The number of carbonyl (C=O) groups is 1. The molecule has 0 bridgehead atoms. The van der Waals surface area contributed by atoms with Crippen molar-refractivity contribution in [3.63, 3.8) is 0 Å². The number of rotatable bonds is 6. The first kappa shape index (κ1) is 13.8. The third-order valence-corrected chi connectivity index (χ3v) is 3.54. The molecule has 1 saturated carbocycles. The Kier molecular flexibility index (Phi) is 4.74. The number of amides is 1. The molecule has 2 N–H and O–H groups in total. The monoisotopic (exact) mass is 263 g/mol. The molecule has 104 valence electrons. The van der Waals surface area contributed by atoms with Crippen molar-refractivity contribution in [1.29, 1.82) is 0 Å². The number of aliphatic hydroxyl groups excluding tert-OH is 1. The van der Waals surface area contributed by atoms with Gasteiger partial charge in [0.1, 0.15) is 0 Å². The van der Waals surface area contributed by atoms with Gasteiger partial charge in [-0.1, -0.05) is 0 Å². The minimum absolute atomic E-state index is 0.000951. The lowest BCUT2D eigenvalue weighted by atomic mass is 9.91. The minimum Gasteiger partial charge on any atom is -0.395 e. The van der Waals surface area contributed by atoms with Gasteiger partial charge >= 0.3 is 0 Å².